The number of hydrogen-bond acceptors (Lipinski definition) is 4. The Labute approximate surface area is 139 Å². The van der Waals surface area contributed by atoms with Crippen molar-refractivity contribution in [3.63, 3.8) is 0 Å². The number of phenolic OH excluding ortho intramolecular Hbond substituents is 1. The number of aromatic nitrogens is 2. The third kappa shape index (κ3) is 2.99. The van der Waals surface area contributed by atoms with Crippen LogP contribution in [0.25, 0.3) is 11.4 Å². The third-order valence-electron chi connectivity index (χ3n) is 4.02. The van der Waals surface area contributed by atoms with E-state index in [4.69, 9.17) is 16.3 Å². The Kier molecular flexibility index (Phi) is 4.43. The van der Waals surface area contributed by atoms with E-state index in [1.54, 1.807) is 24.5 Å². The van der Waals surface area contributed by atoms with Gasteiger partial charge >= 0.3 is 0 Å². The first-order chi connectivity index (χ1) is 11.1. The van der Waals surface area contributed by atoms with Gasteiger partial charge in [0.1, 0.15) is 11.9 Å². The predicted octanol–water partition coefficient (Wildman–Crippen LogP) is 2.76. The van der Waals surface area contributed by atoms with E-state index in [1.165, 1.54) is 7.11 Å². The highest BCUT2D eigenvalue weighted by Crippen LogP contribution is 2.38. The molecule has 1 aromatic heterocycles. The molecule has 1 amide bonds. The first kappa shape index (κ1) is 15.7. The second kappa shape index (κ2) is 6.50. The van der Waals surface area contributed by atoms with E-state index in [-0.39, 0.29) is 28.5 Å². The van der Waals surface area contributed by atoms with Crippen LogP contribution in [0.2, 0.25) is 5.02 Å². The van der Waals surface area contributed by atoms with Crippen LogP contribution in [0.5, 0.6) is 11.5 Å². The number of halogens is 1. The summed E-state index contributed by atoms with van der Waals surface area (Å²) in [5, 5.41) is 13.0. The number of hydrogen-bond donors (Lipinski definition) is 2. The van der Waals surface area contributed by atoms with Gasteiger partial charge in [-0.25, -0.2) is 4.98 Å². The average Bonchev–Trinajstić information content (AvgIpc) is 2.92. The zero-order valence-corrected chi connectivity index (χ0v) is 13.5. The summed E-state index contributed by atoms with van der Waals surface area (Å²) in [6.45, 7) is 0.707. The van der Waals surface area contributed by atoms with Crippen LogP contribution in [0.15, 0.2) is 24.5 Å². The molecule has 1 aliphatic rings. The number of methoxy groups -OCH3 is 1. The summed E-state index contributed by atoms with van der Waals surface area (Å²) in [6.07, 6.45) is 6.16. The van der Waals surface area contributed by atoms with Gasteiger partial charge in [-0.15, -0.1) is 0 Å². The number of amides is 1. The predicted molar refractivity (Wildman–Crippen MR) is 86.8 cm³/mol. The normalized spacial score (nSPS) is 18.3. The molecule has 1 fully saturated rings. The fraction of sp³-hybridized carbons (Fsp3) is 0.375. The number of carbonyl (C=O) groups is 1. The number of imidazole rings is 1. The van der Waals surface area contributed by atoms with Crippen LogP contribution in [0.1, 0.15) is 25.3 Å². The van der Waals surface area contributed by atoms with E-state index in [1.807, 2.05) is 4.57 Å². The maximum absolute atomic E-state index is 12.3. The van der Waals surface area contributed by atoms with Gasteiger partial charge in [0, 0.05) is 24.5 Å². The third-order valence-corrected chi connectivity index (χ3v) is 4.31. The molecule has 0 saturated carbocycles. The maximum atomic E-state index is 12.3. The van der Waals surface area contributed by atoms with Crippen LogP contribution >= 0.6 is 11.6 Å². The second-order valence-corrected chi connectivity index (χ2v) is 5.88. The molecule has 1 atom stereocenters. The minimum Gasteiger partial charge on any atom is -0.503 e. The molecular formula is C16H18ClN3O3. The SMILES string of the molecule is COc1cc(-c2nccn2[C@H]2CCCCNC2=O)cc(Cl)c1O. The topological polar surface area (TPSA) is 76.4 Å². The molecule has 23 heavy (non-hydrogen) atoms. The molecule has 0 spiro atoms. The fourth-order valence-corrected chi connectivity index (χ4v) is 3.05. The molecule has 122 valence electrons. The van der Waals surface area contributed by atoms with E-state index >= 15 is 0 Å². The molecular weight excluding hydrogens is 318 g/mol. The number of phenols is 1. The van der Waals surface area contributed by atoms with Gasteiger partial charge in [-0.2, -0.15) is 0 Å². The molecule has 1 saturated heterocycles. The zero-order valence-electron chi connectivity index (χ0n) is 12.8. The van der Waals surface area contributed by atoms with Crippen molar-refractivity contribution in [2.75, 3.05) is 13.7 Å². The summed E-state index contributed by atoms with van der Waals surface area (Å²) in [5.41, 5.74) is 0.687. The maximum Gasteiger partial charge on any atom is 0.243 e. The quantitative estimate of drug-likeness (QED) is 0.904. The van der Waals surface area contributed by atoms with Crippen molar-refractivity contribution in [3.8, 4) is 22.9 Å². The lowest BCUT2D eigenvalue weighted by Crippen LogP contribution is -2.30. The lowest BCUT2D eigenvalue weighted by atomic mass is 10.1. The molecule has 3 rings (SSSR count). The first-order valence-electron chi connectivity index (χ1n) is 7.49. The Balaban J connectivity index is 2.04. The van der Waals surface area contributed by atoms with Crippen LogP contribution in [-0.2, 0) is 4.79 Å². The number of carbonyl (C=O) groups excluding carboxylic acids is 1. The van der Waals surface area contributed by atoms with Crippen molar-refractivity contribution in [2.45, 2.75) is 25.3 Å². The van der Waals surface area contributed by atoms with E-state index in [0.29, 0.717) is 17.9 Å². The molecule has 2 heterocycles. The Morgan fingerprint density at radius 1 is 1.43 bits per heavy atom. The summed E-state index contributed by atoms with van der Waals surface area (Å²) in [4.78, 5) is 16.6. The number of ether oxygens (including phenoxy) is 1. The van der Waals surface area contributed by atoms with Crippen LogP contribution in [0, 0.1) is 0 Å². The minimum absolute atomic E-state index is 0.00131. The Hall–Kier alpha value is -2.21. The average molecular weight is 336 g/mol. The van der Waals surface area contributed by atoms with Crippen molar-refractivity contribution in [1.29, 1.82) is 0 Å². The number of rotatable bonds is 3. The molecule has 7 heteroatoms. The summed E-state index contributed by atoms with van der Waals surface area (Å²) in [6, 6.07) is 2.98. The van der Waals surface area contributed by atoms with E-state index in [2.05, 4.69) is 10.3 Å². The molecule has 0 bridgehead atoms. The lowest BCUT2D eigenvalue weighted by molar-refractivity contribution is -0.124. The summed E-state index contributed by atoms with van der Waals surface area (Å²) in [7, 11) is 1.46. The molecule has 2 aromatic rings. The molecule has 0 aliphatic carbocycles. The Morgan fingerprint density at radius 2 is 2.26 bits per heavy atom. The zero-order chi connectivity index (χ0) is 16.4. The number of nitrogens with one attached hydrogen (secondary N) is 1. The Morgan fingerprint density at radius 3 is 3.04 bits per heavy atom. The van der Waals surface area contributed by atoms with Crippen molar-refractivity contribution >= 4 is 17.5 Å². The molecule has 2 N–H and O–H groups in total. The van der Waals surface area contributed by atoms with Gasteiger partial charge in [0.2, 0.25) is 5.91 Å². The molecule has 0 radical (unpaired) electrons. The molecule has 0 unspecified atom stereocenters. The summed E-state index contributed by atoms with van der Waals surface area (Å²) in [5.74, 6) is 0.779. The molecule has 1 aromatic carbocycles. The van der Waals surface area contributed by atoms with Crippen molar-refractivity contribution in [3.05, 3.63) is 29.5 Å². The van der Waals surface area contributed by atoms with Gasteiger partial charge in [0.25, 0.3) is 0 Å². The van der Waals surface area contributed by atoms with Crippen LogP contribution in [-0.4, -0.2) is 34.2 Å². The minimum atomic E-state index is -0.298. The van der Waals surface area contributed by atoms with Gasteiger partial charge < -0.3 is 19.7 Å². The van der Waals surface area contributed by atoms with Crippen molar-refractivity contribution < 1.29 is 14.6 Å². The van der Waals surface area contributed by atoms with Crippen LogP contribution in [0.3, 0.4) is 0 Å². The molecule has 6 nitrogen and oxygen atoms in total. The lowest BCUT2D eigenvalue weighted by Gasteiger charge is -2.18. The van der Waals surface area contributed by atoms with Gasteiger partial charge in [-0.05, 0) is 31.4 Å². The second-order valence-electron chi connectivity index (χ2n) is 5.47. The monoisotopic (exact) mass is 335 g/mol. The van der Waals surface area contributed by atoms with Crippen molar-refractivity contribution in [1.82, 2.24) is 14.9 Å². The van der Waals surface area contributed by atoms with Gasteiger partial charge in [0.15, 0.2) is 11.5 Å². The smallest absolute Gasteiger partial charge is 0.243 e. The molecule has 1 aliphatic heterocycles. The highest BCUT2D eigenvalue weighted by Gasteiger charge is 2.25. The van der Waals surface area contributed by atoms with Gasteiger partial charge in [0.05, 0.1) is 12.1 Å². The number of benzene rings is 1. The van der Waals surface area contributed by atoms with Gasteiger partial charge in [-0.3, -0.25) is 4.79 Å². The highest BCUT2D eigenvalue weighted by molar-refractivity contribution is 6.32. The van der Waals surface area contributed by atoms with Crippen LogP contribution in [0.4, 0.5) is 0 Å². The standard InChI is InChI=1S/C16H18ClN3O3/c1-23-13-9-10(8-11(17)14(13)21)15-18-6-7-20(15)12-4-2-3-5-19-16(12)22/h6-9,12,21H,2-5H2,1H3,(H,19,22)/t12-/m0/s1. The van der Waals surface area contributed by atoms with E-state index in [0.717, 1.165) is 19.3 Å². The highest BCUT2D eigenvalue weighted by atomic mass is 35.5. The fourth-order valence-electron chi connectivity index (χ4n) is 2.84. The number of nitrogens with zero attached hydrogens (tertiary/aromatic N) is 2. The van der Waals surface area contributed by atoms with Crippen molar-refractivity contribution in [2.24, 2.45) is 0 Å². The summed E-state index contributed by atoms with van der Waals surface area (Å²) >= 11 is 6.06. The largest absolute Gasteiger partial charge is 0.503 e. The number of aromatic hydroxyl groups is 1. The van der Waals surface area contributed by atoms with Crippen LogP contribution < -0.4 is 10.1 Å². The van der Waals surface area contributed by atoms with Gasteiger partial charge in [-0.1, -0.05) is 11.6 Å². The Bertz CT molecular complexity index is 729. The van der Waals surface area contributed by atoms with E-state index < -0.39 is 0 Å². The first-order valence-corrected chi connectivity index (χ1v) is 7.87. The summed E-state index contributed by atoms with van der Waals surface area (Å²) < 4.78 is 6.99. The van der Waals surface area contributed by atoms with E-state index in [9.17, 15) is 9.90 Å².